The van der Waals surface area contributed by atoms with Gasteiger partial charge in [0.2, 0.25) is 0 Å². The summed E-state index contributed by atoms with van der Waals surface area (Å²) in [6.45, 7) is 9.16. The first-order chi connectivity index (χ1) is 27.1. The van der Waals surface area contributed by atoms with E-state index in [4.69, 9.17) is 18.6 Å². The standard InChI is InChI=1S/C48H64O7Si/c1-7-8-9-10-11-14-19-37-32-43-45(54-33-36-24-26-38(52-5)27-25-36)44(42(46(51)53-6)28-30-48(43,34-49)35-50)41(37)29-31-55-56(47(2,3)4,39-20-15-12-16-21-39)40-22-17-13-18-23-40/h7-8,12-13,15-18,20-28,32,37,41,44-45,49-50H,9-11,14,19,29-31,33-35H2,1-6H3/b8-7+/t37-,41+,44?,45?/m1/s1. The lowest BCUT2D eigenvalue weighted by Gasteiger charge is -2.47. The number of benzene rings is 3. The Morgan fingerprint density at radius 1 is 0.875 bits per heavy atom. The lowest BCUT2D eigenvalue weighted by Crippen LogP contribution is -2.66. The topological polar surface area (TPSA) is 94.5 Å². The van der Waals surface area contributed by atoms with Gasteiger partial charge < -0.3 is 28.8 Å². The first-order valence-electron chi connectivity index (χ1n) is 20.4. The van der Waals surface area contributed by atoms with Crippen LogP contribution in [0, 0.1) is 23.2 Å². The SMILES string of the molecule is C/C=C/CCCCC[C@@H]1C=C2C(OCc3ccc(OC)cc3)C(C(C(=O)OC)=CCC2(CO)CO)[C@H]1CCO[Si](c1ccccc1)(c1ccccc1)C(C)(C)C. The predicted molar refractivity (Wildman–Crippen MR) is 228 cm³/mol. The number of aliphatic hydroxyl groups is 2. The van der Waals surface area contributed by atoms with E-state index in [1.165, 1.54) is 17.5 Å². The molecule has 0 amide bonds. The molecular formula is C48H64O7Si. The highest BCUT2D eigenvalue weighted by molar-refractivity contribution is 6.99. The number of ether oxygens (including phenoxy) is 3. The summed E-state index contributed by atoms with van der Waals surface area (Å²) >= 11 is 0. The van der Waals surface area contributed by atoms with Gasteiger partial charge in [-0.2, -0.15) is 0 Å². The van der Waals surface area contributed by atoms with Crippen LogP contribution in [0.25, 0.3) is 0 Å². The third kappa shape index (κ3) is 9.49. The van der Waals surface area contributed by atoms with Crippen LogP contribution >= 0.6 is 0 Å². The van der Waals surface area contributed by atoms with Crippen LogP contribution in [-0.2, 0) is 25.3 Å². The van der Waals surface area contributed by atoms with E-state index >= 15 is 0 Å². The van der Waals surface area contributed by atoms with Gasteiger partial charge in [0, 0.05) is 23.5 Å². The van der Waals surface area contributed by atoms with Crippen molar-refractivity contribution in [1.29, 1.82) is 0 Å². The van der Waals surface area contributed by atoms with Gasteiger partial charge in [0.25, 0.3) is 8.32 Å². The summed E-state index contributed by atoms with van der Waals surface area (Å²) in [7, 11) is 0.228. The number of esters is 1. The Bertz CT molecular complexity index is 1720. The average molecular weight is 781 g/mol. The first-order valence-corrected chi connectivity index (χ1v) is 22.3. The van der Waals surface area contributed by atoms with E-state index in [-0.39, 0.29) is 42.6 Å². The summed E-state index contributed by atoms with van der Waals surface area (Å²) in [5, 5.41) is 24.4. The summed E-state index contributed by atoms with van der Waals surface area (Å²) in [5.74, 6) is 0.00377. The summed E-state index contributed by atoms with van der Waals surface area (Å²) < 4.78 is 25.3. The molecule has 0 heterocycles. The molecule has 0 saturated heterocycles. The normalized spacial score (nSPS) is 20.9. The van der Waals surface area contributed by atoms with Crippen LogP contribution in [0.15, 0.2) is 120 Å². The van der Waals surface area contributed by atoms with Crippen LogP contribution in [0.2, 0.25) is 5.04 Å². The van der Waals surface area contributed by atoms with Crippen LogP contribution in [0.4, 0.5) is 0 Å². The molecule has 2 aliphatic rings. The van der Waals surface area contributed by atoms with E-state index in [0.717, 1.165) is 49.0 Å². The van der Waals surface area contributed by atoms with Crippen molar-refractivity contribution in [1.82, 2.24) is 0 Å². The Morgan fingerprint density at radius 2 is 1.52 bits per heavy atom. The summed E-state index contributed by atoms with van der Waals surface area (Å²) in [6, 6.07) is 29.2. The molecule has 4 atom stereocenters. The minimum Gasteiger partial charge on any atom is -0.497 e. The highest BCUT2D eigenvalue weighted by Gasteiger charge is 2.53. The van der Waals surface area contributed by atoms with Crippen LogP contribution in [0.5, 0.6) is 5.75 Å². The molecule has 0 saturated carbocycles. The van der Waals surface area contributed by atoms with E-state index in [1.54, 1.807) is 7.11 Å². The number of aliphatic hydroxyl groups excluding tert-OH is 2. The number of carbonyl (C=O) groups excluding carboxylic acids is 1. The zero-order chi connectivity index (χ0) is 40.2. The van der Waals surface area contributed by atoms with Gasteiger partial charge in [-0.15, -0.1) is 0 Å². The van der Waals surface area contributed by atoms with Gasteiger partial charge in [0.15, 0.2) is 0 Å². The average Bonchev–Trinajstić information content (AvgIpc) is 3.32. The quantitative estimate of drug-likeness (QED) is 0.0547. The fraction of sp³-hybridized carbons (Fsp3) is 0.479. The van der Waals surface area contributed by atoms with Gasteiger partial charge in [0.1, 0.15) is 5.75 Å². The molecule has 8 heteroatoms. The minimum absolute atomic E-state index is 0.0353. The third-order valence-electron chi connectivity index (χ3n) is 12.2. The molecular weight excluding hydrogens is 717 g/mol. The highest BCUT2D eigenvalue weighted by atomic mass is 28.4. The number of fused-ring (bicyclic) bond motifs is 2. The van der Waals surface area contributed by atoms with Crippen LogP contribution in [-0.4, -0.2) is 64.6 Å². The number of hydrogen-bond donors (Lipinski definition) is 2. The van der Waals surface area contributed by atoms with Crippen molar-refractivity contribution in [2.24, 2.45) is 23.2 Å². The molecule has 0 fully saturated rings. The lowest BCUT2D eigenvalue weighted by molar-refractivity contribution is -0.138. The number of rotatable bonds is 19. The van der Waals surface area contributed by atoms with Crippen molar-refractivity contribution in [3.05, 3.63) is 126 Å². The fourth-order valence-electron chi connectivity index (χ4n) is 9.15. The van der Waals surface area contributed by atoms with Gasteiger partial charge in [0.05, 0.1) is 40.1 Å². The molecule has 2 N–H and O–H groups in total. The smallest absolute Gasteiger partial charge is 0.333 e. The van der Waals surface area contributed by atoms with Gasteiger partial charge in [-0.05, 0) is 89.5 Å². The van der Waals surface area contributed by atoms with Crippen molar-refractivity contribution in [3.63, 3.8) is 0 Å². The molecule has 3 aromatic rings. The van der Waals surface area contributed by atoms with Crippen LogP contribution < -0.4 is 15.1 Å². The maximum Gasteiger partial charge on any atom is 0.333 e. The van der Waals surface area contributed by atoms with Crippen molar-refractivity contribution in [3.8, 4) is 5.75 Å². The largest absolute Gasteiger partial charge is 0.497 e. The second-order valence-electron chi connectivity index (χ2n) is 16.5. The monoisotopic (exact) mass is 780 g/mol. The Kier molecular flexibility index (Phi) is 15.5. The summed E-state index contributed by atoms with van der Waals surface area (Å²) in [5.41, 5.74) is 1.40. The Morgan fingerprint density at radius 3 is 2.07 bits per heavy atom. The zero-order valence-electron chi connectivity index (χ0n) is 34.4. The number of carbonyl (C=O) groups is 1. The number of allylic oxidation sites excluding steroid dienone is 4. The molecule has 5 rings (SSSR count). The second-order valence-corrected chi connectivity index (χ2v) is 20.8. The lowest BCUT2D eigenvalue weighted by atomic mass is 9.62. The van der Waals surface area contributed by atoms with Gasteiger partial charge >= 0.3 is 5.97 Å². The van der Waals surface area contributed by atoms with Crippen LogP contribution in [0.1, 0.15) is 78.2 Å². The van der Waals surface area contributed by atoms with Crippen molar-refractivity contribution >= 4 is 24.7 Å². The third-order valence-corrected chi connectivity index (χ3v) is 17.2. The molecule has 0 aliphatic heterocycles. The Hall–Kier alpha value is -3.79. The number of hydrogen-bond acceptors (Lipinski definition) is 7. The molecule has 0 spiro atoms. The fourth-order valence-corrected chi connectivity index (χ4v) is 13.7. The molecule has 56 heavy (non-hydrogen) atoms. The maximum absolute atomic E-state index is 13.9. The van der Waals surface area contributed by atoms with Crippen molar-refractivity contribution in [2.45, 2.75) is 90.4 Å². The second kappa shape index (κ2) is 20.1. The van der Waals surface area contributed by atoms with E-state index in [2.05, 4.69) is 107 Å². The molecule has 7 nitrogen and oxygen atoms in total. The zero-order valence-corrected chi connectivity index (χ0v) is 35.4. The highest BCUT2D eigenvalue weighted by Crippen LogP contribution is 2.52. The van der Waals surface area contributed by atoms with E-state index in [9.17, 15) is 15.0 Å². The van der Waals surface area contributed by atoms with Gasteiger partial charge in [-0.25, -0.2) is 4.79 Å². The van der Waals surface area contributed by atoms with Gasteiger partial charge in [-0.1, -0.05) is 131 Å². The first kappa shape index (κ1) is 43.3. The predicted octanol–water partition coefficient (Wildman–Crippen LogP) is 8.34. The van der Waals surface area contributed by atoms with E-state index in [1.807, 2.05) is 30.3 Å². The number of methoxy groups -OCH3 is 2. The molecule has 0 radical (unpaired) electrons. The summed E-state index contributed by atoms with van der Waals surface area (Å²) in [6.07, 6.45) is 14.1. The molecule has 0 aromatic heterocycles. The van der Waals surface area contributed by atoms with E-state index in [0.29, 0.717) is 25.0 Å². The minimum atomic E-state index is -2.84. The van der Waals surface area contributed by atoms with Gasteiger partial charge in [-0.3, -0.25) is 0 Å². The summed E-state index contributed by atoms with van der Waals surface area (Å²) in [4.78, 5) is 13.9. The van der Waals surface area contributed by atoms with Crippen molar-refractivity contribution < 1.29 is 33.6 Å². The number of unbranched alkanes of at least 4 members (excludes halogenated alkanes) is 3. The molecule has 2 bridgehead atoms. The Labute approximate surface area is 336 Å². The molecule has 2 aliphatic carbocycles. The van der Waals surface area contributed by atoms with Crippen molar-refractivity contribution in [2.75, 3.05) is 34.0 Å². The van der Waals surface area contributed by atoms with Crippen LogP contribution in [0.3, 0.4) is 0 Å². The Balaban J connectivity index is 1.60. The molecule has 2 unspecified atom stereocenters. The molecule has 302 valence electrons. The maximum atomic E-state index is 13.9. The molecule has 3 aromatic carbocycles. The van der Waals surface area contributed by atoms with E-state index < -0.39 is 25.8 Å².